The molecule has 162 valence electrons. The van der Waals surface area contributed by atoms with E-state index in [-0.39, 0.29) is 12.0 Å². The number of benzene rings is 1. The molecule has 0 radical (unpaired) electrons. The number of methoxy groups -OCH3 is 1. The Labute approximate surface area is 178 Å². The second-order valence-corrected chi connectivity index (χ2v) is 8.26. The molecule has 0 bridgehead atoms. The molecule has 7 nitrogen and oxygen atoms in total. The fraction of sp³-hybridized carbons (Fsp3) is 0.565. The van der Waals surface area contributed by atoms with Crippen LogP contribution >= 0.6 is 0 Å². The second kappa shape index (κ2) is 9.18. The van der Waals surface area contributed by atoms with E-state index >= 15 is 0 Å². The summed E-state index contributed by atoms with van der Waals surface area (Å²) in [4.78, 5) is 24.8. The molecule has 3 heterocycles. The first kappa shape index (κ1) is 20.9. The van der Waals surface area contributed by atoms with E-state index in [0.29, 0.717) is 6.61 Å². The van der Waals surface area contributed by atoms with Crippen LogP contribution in [0.3, 0.4) is 0 Å². The maximum Gasteiger partial charge on any atom is 0.323 e. The van der Waals surface area contributed by atoms with Crippen molar-refractivity contribution in [3.8, 4) is 5.75 Å². The summed E-state index contributed by atoms with van der Waals surface area (Å²) >= 11 is 0. The van der Waals surface area contributed by atoms with Gasteiger partial charge in [0.25, 0.3) is 0 Å². The van der Waals surface area contributed by atoms with E-state index < -0.39 is 0 Å². The molecule has 0 saturated carbocycles. The molecule has 0 spiro atoms. The Hall–Kier alpha value is -2.38. The number of esters is 1. The van der Waals surface area contributed by atoms with Crippen LogP contribution < -0.4 is 4.74 Å². The highest BCUT2D eigenvalue weighted by Gasteiger charge is 2.31. The number of ether oxygens (including phenoxy) is 2. The van der Waals surface area contributed by atoms with E-state index in [9.17, 15) is 4.79 Å². The molecule has 30 heavy (non-hydrogen) atoms. The van der Waals surface area contributed by atoms with Crippen molar-refractivity contribution < 1.29 is 14.3 Å². The van der Waals surface area contributed by atoms with Crippen molar-refractivity contribution in [2.75, 3.05) is 26.8 Å². The van der Waals surface area contributed by atoms with Gasteiger partial charge in [-0.05, 0) is 44.0 Å². The Morgan fingerprint density at radius 3 is 2.97 bits per heavy atom. The highest BCUT2D eigenvalue weighted by Crippen LogP contribution is 2.28. The van der Waals surface area contributed by atoms with Crippen LogP contribution in [0.5, 0.6) is 5.75 Å². The van der Waals surface area contributed by atoms with Crippen molar-refractivity contribution in [2.24, 2.45) is 0 Å². The predicted octanol–water partition coefficient (Wildman–Crippen LogP) is 2.81. The fourth-order valence-electron chi connectivity index (χ4n) is 4.48. The van der Waals surface area contributed by atoms with Gasteiger partial charge in [0.05, 0.1) is 12.8 Å². The second-order valence-electron chi connectivity index (χ2n) is 8.26. The Bertz CT molecular complexity index is 895. The summed E-state index contributed by atoms with van der Waals surface area (Å²) in [5, 5.41) is 0. The van der Waals surface area contributed by atoms with Crippen LogP contribution in [-0.2, 0) is 35.6 Å². The average Bonchev–Trinajstić information content (AvgIpc) is 3.28. The molecule has 1 aromatic heterocycles. The lowest BCUT2D eigenvalue weighted by Gasteiger charge is -2.23. The molecule has 4 rings (SSSR count). The monoisotopic (exact) mass is 412 g/mol. The van der Waals surface area contributed by atoms with Crippen molar-refractivity contribution in [3.05, 3.63) is 46.5 Å². The molecule has 2 aliphatic rings. The number of carbonyl (C=O) groups is 1. The number of hydrogen-bond donors (Lipinski definition) is 1. The van der Waals surface area contributed by atoms with Gasteiger partial charge >= 0.3 is 5.97 Å². The molecule has 1 N–H and O–H groups in total. The molecule has 0 amide bonds. The SMILES string of the molecule is CCc1nc(CN2CCOc3ccc(CN4CCC[C@H]4C(=O)OC)cc3C2)c(C)[nH]1. The number of nitrogens with zero attached hydrogens (tertiary/aromatic N) is 3. The van der Waals surface area contributed by atoms with Gasteiger partial charge in [0, 0.05) is 43.9 Å². The summed E-state index contributed by atoms with van der Waals surface area (Å²) in [6.45, 7) is 9.08. The van der Waals surface area contributed by atoms with Crippen molar-refractivity contribution in [1.29, 1.82) is 0 Å². The van der Waals surface area contributed by atoms with Gasteiger partial charge in [-0.15, -0.1) is 0 Å². The molecule has 7 heteroatoms. The topological polar surface area (TPSA) is 70.7 Å². The largest absolute Gasteiger partial charge is 0.492 e. The zero-order valence-corrected chi connectivity index (χ0v) is 18.2. The first-order valence-electron chi connectivity index (χ1n) is 10.9. The number of hydrogen-bond acceptors (Lipinski definition) is 6. The number of fused-ring (bicyclic) bond motifs is 1. The molecule has 2 aromatic rings. The summed E-state index contributed by atoms with van der Waals surface area (Å²) in [6, 6.07) is 6.30. The maximum absolute atomic E-state index is 12.1. The van der Waals surface area contributed by atoms with Gasteiger partial charge in [-0.3, -0.25) is 14.6 Å². The van der Waals surface area contributed by atoms with Gasteiger partial charge in [0.2, 0.25) is 0 Å². The third-order valence-electron chi connectivity index (χ3n) is 6.15. The maximum atomic E-state index is 12.1. The Balaban J connectivity index is 1.47. The fourth-order valence-corrected chi connectivity index (χ4v) is 4.48. The third kappa shape index (κ3) is 4.52. The molecular formula is C23H32N4O3. The summed E-state index contributed by atoms with van der Waals surface area (Å²) in [5.41, 5.74) is 4.67. The number of aryl methyl sites for hydroxylation is 2. The van der Waals surface area contributed by atoms with Gasteiger partial charge in [-0.25, -0.2) is 4.98 Å². The lowest BCUT2D eigenvalue weighted by Crippen LogP contribution is -2.36. The van der Waals surface area contributed by atoms with E-state index in [1.54, 1.807) is 0 Å². The highest BCUT2D eigenvalue weighted by atomic mass is 16.5. The van der Waals surface area contributed by atoms with Crippen molar-refractivity contribution in [3.63, 3.8) is 0 Å². The molecule has 0 aliphatic carbocycles. The summed E-state index contributed by atoms with van der Waals surface area (Å²) < 4.78 is 11.0. The Morgan fingerprint density at radius 2 is 2.20 bits per heavy atom. The minimum absolute atomic E-state index is 0.127. The summed E-state index contributed by atoms with van der Waals surface area (Å²) in [5.74, 6) is 1.87. The van der Waals surface area contributed by atoms with E-state index in [2.05, 4.69) is 46.8 Å². The van der Waals surface area contributed by atoms with Crippen molar-refractivity contribution >= 4 is 5.97 Å². The lowest BCUT2D eigenvalue weighted by molar-refractivity contribution is -0.146. The first-order chi connectivity index (χ1) is 14.6. The predicted molar refractivity (Wildman–Crippen MR) is 114 cm³/mol. The van der Waals surface area contributed by atoms with E-state index in [1.807, 2.05) is 0 Å². The molecule has 1 atom stereocenters. The number of aromatic nitrogens is 2. The number of nitrogens with one attached hydrogen (secondary N) is 1. The van der Waals surface area contributed by atoms with E-state index in [0.717, 1.165) is 74.9 Å². The quantitative estimate of drug-likeness (QED) is 0.736. The molecule has 1 aromatic carbocycles. The molecule has 1 saturated heterocycles. The zero-order chi connectivity index (χ0) is 21.1. The van der Waals surface area contributed by atoms with Gasteiger partial charge in [-0.1, -0.05) is 13.0 Å². The number of likely N-dealkylation sites (tertiary alicyclic amines) is 1. The van der Waals surface area contributed by atoms with Gasteiger partial charge in [0.1, 0.15) is 24.2 Å². The summed E-state index contributed by atoms with van der Waals surface area (Å²) in [6.07, 6.45) is 2.82. The van der Waals surface area contributed by atoms with Crippen LogP contribution in [0.15, 0.2) is 18.2 Å². The van der Waals surface area contributed by atoms with Gasteiger partial charge in [-0.2, -0.15) is 0 Å². The van der Waals surface area contributed by atoms with Crippen LogP contribution in [0.25, 0.3) is 0 Å². The molecular weight excluding hydrogens is 380 g/mol. The first-order valence-corrected chi connectivity index (χ1v) is 10.9. The van der Waals surface area contributed by atoms with Crippen LogP contribution in [0.2, 0.25) is 0 Å². The number of imidazole rings is 1. The number of carbonyl (C=O) groups excluding carboxylic acids is 1. The number of aromatic amines is 1. The third-order valence-corrected chi connectivity index (χ3v) is 6.15. The Kier molecular flexibility index (Phi) is 6.39. The van der Waals surface area contributed by atoms with Crippen LogP contribution in [0.4, 0.5) is 0 Å². The minimum Gasteiger partial charge on any atom is -0.492 e. The van der Waals surface area contributed by atoms with Crippen molar-refractivity contribution in [1.82, 2.24) is 19.8 Å². The Morgan fingerprint density at radius 1 is 1.33 bits per heavy atom. The zero-order valence-electron chi connectivity index (χ0n) is 18.2. The van der Waals surface area contributed by atoms with Gasteiger partial charge < -0.3 is 14.5 Å². The highest BCUT2D eigenvalue weighted by molar-refractivity contribution is 5.76. The normalized spacial score (nSPS) is 19.9. The number of H-pyrrole nitrogens is 1. The molecule has 0 unspecified atom stereocenters. The average molecular weight is 413 g/mol. The van der Waals surface area contributed by atoms with E-state index in [1.165, 1.54) is 18.2 Å². The minimum atomic E-state index is -0.128. The number of rotatable bonds is 6. The van der Waals surface area contributed by atoms with Crippen LogP contribution in [0, 0.1) is 6.92 Å². The van der Waals surface area contributed by atoms with E-state index in [4.69, 9.17) is 14.5 Å². The van der Waals surface area contributed by atoms with Gasteiger partial charge in [0.15, 0.2) is 0 Å². The lowest BCUT2D eigenvalue weighted by atomic mass is 10.1. The van der Waals surface area contributed by atoms with Crippen molar-refractivity contribution in [2.45, 2.75) is 58.8 Å². The standard InChI is InChI=1S/C23H32N4O3/c1-4-22-24-16(2)19(25-22)15-26-10-11-30-21-8-7-17(12-18(21)14-26)13-27-9-5-6-20(27)23(28)29-3/h7-8,12,20H,4-6,9-11,13-15H2,1-3H3,(H,24,25)/t20-/m0/s1. The van der Waals surface area contributed by atoms with Crippen LogP contribution in [-0.4, -0.2) is 58.6 Å². The molecule has 2 aliphatic heterocycles. The van der Waals surface area contributed by atoms with Crippen LogP contribution in [0.1, 0.15) is 48.1 Å². The summed E-state index contributed by atoms with van der Waals surface area (Å²) in [7, 11) is 1.47. The molecule has 1 fully saturated rings. The smallest absolute Gasteiger partial charge is 0.323 e.